The Morgan fingerprint density at radius 3 is 2.46 bits per heavy atom. The van der Waals surface area contributed by atoms with Crippen molar-refractivity contribution in [1.82, 2.24) is 5.32 Å². The molecule has 1 N–H and O–H groups in total. The van der Waals surface area contributed by atoms with E-state index in [9.17, 15) is 9.59 Å². The molecule has 1 aliphatic rings. The highest BCUT2D eigenvalue weighted by Gasteiger charge is 2.29. The van der Waals surface area contributed by atoms with Crippen molar-refractivity contribution in [2.45, 2.75) is 44.6 Å². The number of nitrogens with one attached hydrogen (secondary N) is 1. The van der Waals surface area contributed by atoms with Gasteiger partial charge < -0.3 is 10.2 Å². The Bertz CT molecular complexity index is 1240. The van der Waals surface area contributed by atoms with Crippen LogP contribution >= 0.6 is 23.5 Å². The molecule has 0 atom stereocenters. The summed E-state index contributed by atoms with van der Waals surface area (Å²) in [5, 5.41) is 3.01. The van der Waals surface area contributed by atoms with Gasteiger partial charge in [-0.2, -0.15) is 11.8 Å². The Kier molecular flexibility index (Phi) is 9.92. The molecule has 0 unspecified atom stereocenters. The maximum atomic E-state index is 13.5. The molecule has 0 fully saturated rings. The molecule has 4 rings (SSSR count). The molecule has 0 saturated heterocycles. The number of hydrogen-bond acceptors (Lipinski definition) is 4. The number of carbonyl (C=O) groups is 2. The molecule has 0 bridgehead atoms. The fourth-order valence-electron chi connectivity index (χ4n) is 4.00. The second kappa shape index (κ2) is 13.5. The predicted molar refractivity (Wildman–Crippen MR) is 158 cm³/mol. The zero-order chi connectivity index (χ0) is 26.0. The Balaban J connectivity index is 1.42. The van der Waals surface area contributed by atoms with Crippen molar-refractivity contribution in [3.05, 3.63) is 100.0 Å². The standard InChI is InChI=1S/C31H34N2O2S2/c1-3-4-19-36-20-7-18-32-30(34)26-16-14-24(15-17-26)21-29-31(35)33(22-25-12-10-23(2)11-13-25)27-8-5-6-9-28(27)37-29/h5-6,8-17,21H,3-4,7,18-20,22H2,1-2H3,(H,32,34). The lowest BCUT2D eigenvalue weighted by molar-refractivity contribution is -0.114. The summed E-state index contributed by atoms with van der Waals surface area (Å²) in [6.07, 6.45) is 5.37. The van der Waals surface area contributed by atoms with Crippen LogP contribution in [-0.4, -0.2) is 29.9 Å². The molecule has 0 radical (unpaired) electrons. The fraction of sp³-hybridized carbons (Fsp3) is 0.290. The van der Waals surface area contributed by atoms with Crippen LogP contribution in [0.2, 0.25) is 0 Å². The molecule has 0 aromatic heterocycles. The summed E-state index contributed by atoms with van der Waals surface area (Å²) in [6, 6.07) is 23.8. The van der Waals surface area contributed by atoms with E-state index in [1.165, 1.54) is 35.9 Å². The largest absolute Gasteiger partial charge is 0.352 e. The zero-order valence-corrected chi connectivity index (χ0v) is 23.2. The van der Waals surface area contributed by atoms with Crippen LogP contribution in [0.25, 0.3) is 6.08 Å². The first-order valence-electron chi connectivity index (χ1n) is 12.9. The normalized spacial score (nSPS) is 14.1. The average Bonchev–Trinajstić information content (AvgIpc) is 2.92. The number of fused-ring (bicyclic) bond motifs is 1. The first-order valence-corrected chi connectivity index (χ1v) is 14.8. The number of benzene rings is 3. The maximum Gasteiger partial charge on any atom is 0.265 e. The van der Waals surface area contributed by atoms with Gasteiger partial charge in [-0.3, -0.25) is 9.59 Å². The van der Waals surface area contributed by atoms with E-state index in [1.54, 1.807) is 0 Å². The smallest absolute Gasteiger partial charge is 0.265 e. The van der Waals surface area contributed by atoms with Crippen LogP contribution in [0.1, 0.15) is 53.2 Å². The number of thioether (sulfide) groups is 2. The summed E-state index contributed by atoms with van der Waals surface area (Å²) in [6.45, 7) is 5.47. The number of anilines is 1. The number of carbonyl (C=O) groups excluding carboxylic acids is 2. The molecule has 2 amide bonds. The molecular formula is C31H34N2O2S2. The molecule has 37 heavy (non-hydrogen) atoms. The van der Waals surface area contributed by atoms with Gasteiger partial charge in [0.15, 0.2) is 0 Å². The van der Waals surface area contributed by atoms with Gasteiger partial charge in [-0.15, -0.1) is 0 Å². The average molecular weight is 531 g/mol. The first-order chi connectivity index (χ1) is 18.0. The molecule has 192 valence electrons. The lowest BCUT2D eigenvalue weighted by atomic mass is 10.1. The predicted octanol–water partition coefficient (Wildman–Crippen LogP) is 7.33. The summed E-state index contributed by atoms with van der Waals surface area (Å²) >= 11 is 3.45. The van der Waals surface area contributed by atoms with Crippen LogP contribution in [0.5, 0.6) is 0 Å². The van der Waals surface area contributed by atoms with Gasteiger partial charge in [-0.05, 0) is 72.7 Å². The van der Waals surface area contributed by atoms with Gasteiger partial charge in [0.1, 0.15) is 0 Å². The summed E-state index contributed by atoms with van der Waals surface area (Å²) in [5.41, 5.74) is 4.76. The minimum absolute atomic E-state index is 0.0112. The molecular weight excluding hydrogens is 496 g/mol. The topological polar surface area (TPSA) is 49.4 Å². The van der Waals surface area contributed by atoms with E-state index in [4.69, 9.17) is 0 Å². The number of unbranched alkanes of at least 4 members (excludes halogenated alkanes) is 1. The quantitative estimate of drug-likeness (QED) is 0.208. The van der Waals surface area contributed by atoms with Gasteiger partial charge in [0.25, 0.3) is 11.8 Å². The van der Waals surface area contributed by atoms with Crippen molar-refractivity contribution < 1.29 is 9.59 Å². The third-order valence-corrected chi connectivity index (χ3v) is 8.39. The van der Waals surface area contributed by atoms with Gasteiger partial charge in [0, 0.05) is 17.0 Å². The number of para-hydroxylation sites is 1. The molecule has 3 aromatic carbocycles. The number of hydrogen-bond donors (Lipinski definition) is 1. The van der Waals surface area contributed by atoms with Crippen molar-refractivity contribution in [1.29, 1.82) is 0 Å². The summed E-state index contributed by atoms with van der Waals surface area (Å²) in [4.78, 5) is 29.6. The third kappa shape index (κ3) is 7.53. The molecule has 1 aliphatic heterocycles. The molecule has 6 heteroatoms. The SMILES string of the molecule is CCCCSCCCNC(=O)c1ccc(C=C2Sc3ccccc3N(Cc3ccc(C)cc3)C2=O)cc1. The number of aryl methyl sites for hydroxylation is 1. The third-order valence-electron chi connectivity index (χ3n) is 6.16. The molecule has 3 aromatic rings. The zero-order valence-electron chi connectivity index (χ0n) is 21.5. The molecule has 1 heterocycles. The summed E-state index contributed by atoms with van der Waals surface area (Å²) < 4.78 is 0. The van der Waals surface area contributed by atoms with E-state index in [2.05, 4.69) is 49.5 Å². The molecule has 4 nitrogen and oxygen atoms in total. The van der Waals surface area contributed by atoms with Crippen LogP contribution in [0.3, 0.4) is 0 Å². The van der Waals surface area contributed by atoms with Gasteiger partial charge in [0.05, 0.1) is 17.1 Å². The number of nitrogens with zero attached hydrogens (tertiary/aromatic N) is 1. The second-order valence-electron chi connectivity index (χ2n) is 9.15. The highest BCUT2D eigenvalue weighted by atomic mass is 32.2. The van der Waals surface area contributed by atoms with Crippen LogP contribution in [0.15, 0.2) is 82.6 Å². The van der Waals surface area contributed by atoms with Crippen molar-refractivity contribution in [3.63, 3.8) is 0 Å². The van der Waals surface area contributed by atoms with Crippen LogP contribution < -0.4 is 10.2 Å². The fourth-order valence-corrected chi connectivity index (χ4v) is 6.11. The number of rotatable bonds is 11. The van der Waals surface area contributed by atoms with E-state index in [0.29, 0.717) is 23.6 Å². The molecule has 0 saturated carbocycles. The van der Waals surface area contributed by atoms with Gasteiger partial charge in [0.2, 0.25) is 0 Å². The molecule has 0 aliphatic carbocycles. The van der Waals surface area contributed by atoms with Crippen molar-refractivity contribution >= 4 is 47.1 Å². The van der Waals surface area contributed by atoms with E-state index in [1.807, 2.05) is 65.2 Å². The van der Waals surface area contributed by atoms with E-state index < -0.39 is 0 Å². The van der Waals surface area contributed by atoms with Crippen molar-refractivity contribution in [3.8, 4) is 0 Å². The second-order valence-corrected chi connectivity index (χ2v) is 11.5. The highest BCUT2D eigenvalue weighted by molar-refractivity contribution is 8.04. The van der Waals surface area contributed by atoms with E-state index in [0.717, 1.165) is 33.9 Å². The number of amides is 2. The lowest BCUT2D eigenvalue weighted by Crippen LogP contribution is -2.33. The minimum Gasteiger partial charge on any atom is -0.352 e. The maximum absolute atomic E-state index is 13.5. The van der Waals surface area contributed by atoms with Gasteiger partial charge in [-0.1, -0.05) is 79.2 Å². The van der Waals surface area contributed by atoms with Crippen LogP contribution in [-0.2, 0) is 11.3 Å². The van der Waals surface area contributed by atoms with Gasteiger partial charge >= 0.3 is 0 Å². The van der Waals surface area contributed by atoms with Crippen LogP contribution in [0, 0.1) is 6.92 Å². The Morgan fingerprint density at radius 1 is 0.973 bits per heavy atom. The Labute approximate surface area is 228 Å². The van der Waals surface area contributed by atoms with Crippen molar-refractivity contribution in [2.75, 3.05) is 23.0 Å². The Hall–Kier alpha value is -2.96. The summed E-state index contributed by atoms with van der Waals surface area (Å²) in [5.74, 6) is 2.20. The van der Waals surface area contributed by atoms with Crippen LogP contribution in [0.4, 0.5) is 5.69 Å². The molecule has 0 spiro atoms. The highest BCUT2D eigenvalue weighted by Crippen LogP contribution is 2.42. The monoisotopic (exact) mass is 530 g/mol. The van der Waals surface area contributed by atoms with E-state index in [-0.39, 0.29) is 11.8 Å². The summed E-state index contributed by atoms with van der Waals surface area (Å²) in [7, 11) is 0. The minimum atomic E-state index is -0.0564. The van der Waals surface area contributed by atoms with E-state index >= 15 is 0 Å². The van der Waals surface area contributed by atoms with Gasteiger partial charge in [-0.25, -0.2) is 0 Å². The Morgan fingerprint density at radius 2 is 1.70 bits per heavy atom. The van der Waals surface area contributed by atoms with Crippen molar-refractivity contribution in [2.24, 2.45) is 0 Å². The lowest BCUT2D eigenvalue weighted by Gasteiger charge is -2.30. The first kappa shape index (κ1) is 27.1.